The smallest absolute Gasteiger partial charge is 0.436 e. The standard InChI is InChI=1S/C13H11BrF3N3O2/c1-7-11(14)12(13(15,16)17)19-20(7)6-10(22)18-8-3-2-4-9(21)5-8/h2-5,21H,6H2,1H3,(H,18,22). The normalized spacial score (nSPS) is 11.5. The van der Waals surface area contributed by atoms with Gasteiger partial charge in [-0.2, -0.15) is 18.3 Å². The summed E-state index contributed by atoms with van der Waals surface area (Å²) in [6.07, 6.45) is -4.60. The number of rotatable bonds is 3. The molecule has 1 heterocycles. The molecule has 0 fully saturated rings. The monoisotopic (exact) mass is 377 g/mol. The van der Waals surface area contributed by atoms with E-state index < -0.39 is 17.8 Å². The molecule has 2 rings (SSSR count). The number of amides is 1. The van der Waals surface area contributed by atoms with E-state index in [4.69, 9.17) is 0 Å². The number of halogens is 4. The minimum atomic E-state index is -4.60. The Kier molecular flexibility index (Phi) is 4.45. The number of nitrogens with one attached hydrogen (secondary N) is 1. The maximum absolute atomic E-state index is 12.7. The molecule has 0 radical (unpaired) electrons. The molecule has 0 aliphatic rings. The highest BCUT2D eigenvalue weighted by Crippen LogP contribution is 2.35. The molecule has 0 atom stereocenters. The molecule has 0 bridgehead atoms. The Morgan fingerprint density at radius 2 is 2.14 bits per heavy atom. The fourth-order valence-corrected chi connectivity index (χ4v) is 2.29. The minimum Gasteiger partial charge on any atom is -0.508 e. The maximum atomic E-state index is 12.7. The second-order valence-electron chi connectivity index (χ2n) is 4.50. The number of benzene rings is 1. The third-order valence-corrected chi connectivity index (χ3v) is 3.77. The van der Waals surface area contributed by atoms with E-state index in [-0.39, 0.29) is 22.5 Å². The lowest BCUT2D eigenvalue weighted by Gasteiger charge is -2.07. The van der Waals surface area contributed by atoms with Gasteiger partial charge < -0.3 is 10.4 Å². The van der Waals surface area contributed by atoms with Gasteiger partial charge in [-0.15, -0.1) is 0 Å². The fraction of sp³-hybridized carbons (Fsp3) is 0.231. The zero-order chi connectivity index (χ0) is 16.5. The van der Waals surface area contributed by atoms with Gasteiger partial charge in [0.2, 0.25) is 5.91 Å². The number of carbonyl (C=O) groups excluding carboxylic acids is 1. The van der Waals surface area contributed by atoms with Gasteiger partial charge in [-0.25, -0.2) is 0 Å². The van der Waals surface area contributed by atoms with Crippen molar-refractivity contribution < 1.29 is 23.1 Å². The highest BCUT2D eigenvalue weighted by atomic mass is 79.9. The largest absolute Gasteiger partial charge is 0.508 e. The number of aromatic nitrogens is 2. The molecule has 0 saturated heterocycles. The number of hydrogen-bond donors (Lipinski definition) is 2. The van der Waals surface area contributed by atoms with Crippen molar-refractivity contribution in [2.24, 2.45) is 0 Å². The summed E-state index contributed by atoms with van der Waals surface area (Å²) in [6, 6.07) is 5.83. The van der Waals surface area contributed by atoms with Crippen LogP contribution >= 0.6 is 15.9 Å². The van der Waals surface area contributed by atoms with E-state index in [1.54, 1.807) is 6.07 Å². The first-order valence-corrected chi connectivity index (χ1v) is 6.87. The van der Waals surface area contributed by atoms with Crippen molar-refractivity contribution in [3.05, 3.63) is 40.1 Å². The Morgan fingerprint density at radius 1 is 1.45 bits per heavy atom. The molecule has 1 aromatic carbocycles. The first-order chi connectivity index (χ1) is 10.2. The van der Waals surface area contributed by atoms with Crippen LogP contribution in [0, 0.1) is 6.92 Å². The topological polar surface area (TPSA) is 67.2 Å². The van der Waals surface area contributed by atoms with E-state index in [1.165, 1.54) is 25.1 Å². The molecule has 9 heteroatoms. The number of nitrogens with zero attached hydrogens (tertiary/aromatic N) is 2. The lowest BCUT2D eigenvalue weighted by atomic mass is 10.3. The molecule has 0 aliphatic carbocycles. The molecule has 1 aromatic heterocycles. The van der Waals surface area contributed by atoms with Gasteiger partial charge in [0.05, 0.1) is 10.2 Å². The van der Waals surface area contributed by atoms with Crippen LogP contribution in [0.15, 0.2) is 28.7 Å². The Morgan fingerprint density at radius 3 is 2.68 bits per heavy atom. The van der Waals surface area contributed by atoms with Crippen molar-refractivity contribution in [3.8, 4) is 5.75 Å². The van der Waals surface area contributed by atoms with E-state index >= 15 is 0 Å². The highest BCUT2D eigenvalue weighted by Gasteiger charge is 2.38. The quantitative estimate of drug-likeness (QED) is 0.861. The minimum absolute atomic E-state index is 0.0322. The van der Waals surface area contributed by atoms with Gasteiger partial charge in [-0.3, -0.25) is 9.48 Å². The average Bonchev–Trinajstić information content (AvgIpc) is 2.67. The van der Waals surface area contributed by atoms with Gasteiger partial charge in [0, 0.05) is 11.8 Å². The highest BCUT2D eigenvalue weighted by molar-refractivity contribution is 9.10. The zero-order valence-corrected chi connectivity index (χ0v) is 12.9. The number of alkyl halides is 3. The van der Waals surface area contributed by atoms with Crippen LogP contribution in [0.5, 0.6) is 5.75 Å². The first-order valence-electron chi connectivity index (χ1n) is 6.07. The van der Waals surface area contributed by atoms with Crippen molar-refractivity contribution in [2.75, 3.05) is 5.32 Å². The van der Waals surface area contributed by atoms with Gasteiger partial charge in [0.25, 0.3) is 0 Å². The molecule has 0 unspecified atom stereocenters. The molecular weight excluding hydrogens is 367 g/mol. The molecule has 118 valence electrons. The molecular formula is C13H11BrF3N3O2. The third kappa shape index (κ3) is 3.59. The molecule has 0 aliphatic heterocycles. The molecule has 2 N–H and O–H groups in total. The number of phenolic OH excluding ortho intramolecular Hbond substituents is 1. The lowest BCUT2D eigenvalue weighted by molar-refractivity contribution is -0.142. The van der Waals surface area contributed by atoms with Crippen LogP contribution in [0.3, 0.4) is 0 Å². The molecule has 22 heavy (non-hydrogen) atoms. The first kappa shape index (κ1) is 16.3. The van der Waals surface area contributed by atoms with Crippen molar-refractivity contribution in [3.63, 3.8) is 0 Å². The van der Waals surface area contributed by atoms with Gasteiger partial charge in [-0.1, -0.05) is 6.07 Å². The fourth-order valence-electron chi connectivity index (χ4n) is 1.78. The van der Waals surface area contributed by atoms with Gasteiger partial charge >= 0.3 is 6.18 Å². The summed E-state index contributed by atoms with van der Waals surface area (Å²) in [5.74, 6) is -0.590. The lowest BCUT2D eigenvalue weighted by Crippen LogP contribution is -2.20. The Labute approximate surface area is 131 Å². The van der Waals surface area contributed by atoms with E-state index in [0.29, 0.717) is 5.69 Å². The van der Waals surface area contributed by atoms with Crippen molar-refractivity contribution in [1.29, 1.82) is 0 Å². The summed E-state index contributed by atoms with van der Waals surface area (Å²) >= 11 is 2.84. The molecule has 5 nitrogen and oxygen atoms in total. The summed E-state index contributed by atoms with van der Waals surface area (Å²) in [5.41, 5.74) is -0.543. The molecule has 0 saturated carbocycles. The van der Waals surface area contributed by atoms with Crippen LogP contribution in [0.2, 0.25) is 0 Å². The van der Waals surface area contributed by atoms with E-state index in [2.05, 4.69) is 26.3 Å². The zero-order valence-electron chi connectivity index (χ0n) is 11.3. The molecule has 0 spiro atoms. The van der Waals surface area contributed by atoms with Crippen LogP contribution in [0.25, 0.3) is 0 Å². The maximum Gasteiger partial charge on any atom is 0.436 e. The van der Waals surface area contributed by atoms with Crippen molar-refractivity contribution in [1.82, 2.24) is 9.78 Å². The third-order valence-electron chi connectivity index (χ3n) is 2.83. The predicted octanol–water partition coefficient (Wildman–Crippen LogP) is 3.32. The van der Waals surface area contributed by atoms with Crippen LogP contribution in [0.4, 0.5) is 18.9 Å². The number of hydrogen-bond acceptors (Lipinski definition) is 3. The van der Waals surface area contributed by atoms with E-state index in [1.807, 2.05) is 0 Å². The number of carbonyl (C=O) groups is 1. The predicted molar refractivity (Wildman–Crippen MR) is 76.4 cm³/mol. The van der Waals surface area contributed by atoms with Gasteiger partial charge in [0.1, 0.15) is 12.3 Å². The Balaban J connectivity index is 2.16. The van der Waals surface area contributed by atoms with Crippen LogP contribution < -0.4 is 5.32 Å². The SMILES string of the molecule is Cc1c(Br)c(C(F)(F)F)nn1CC(=O)Nc1cccc(O)c1. The number of aromatic hydroxyl groups is 1. The van der Waals surface area contributed by atoms with Crippen LogP contribution in [-0.2, 0) is 17.5 Å². The van der Waals surface area contributed by atoms with E-state index in [0.717, 1.165) is 4.68 Å². The van der Waals surface area contributed by atoms with Gasteiger partial charge in [0.15, 0.2) is 5.69 Å². The summed E-state index contributed by atoms with van der Waals surface area (Å²) in [6.45, 7) is 1.05. The molecule has 1 amide bonds. The van der Waals surface area contributed by atoms with Crippen molar-refractivity contribution in [2.45, 2.75) is 19.6 Å². The van der Waals surface area contributed by atoms with Crippen LogP contribution in [0.1, 0.15) is 11.4 Å². The molecule has 2 aromatic rings. The summed E-state index contributed by atoms with van der Waals surface area (Å²) < 4.78 is 39.0. The van der Waals surface area contributed by atoms with Crippen LogP contribution in [-0.4, -0.2) is 20.8 Å². The summed E-state index contributed by atoms with van der Waals surface area (Å²) in [7, 11) is 0. The summed E-state index contributed by atoms with van der Waals surface area (Å²) in [4.78, 5) is 11.9. The van der Waals surface area contributed by atoms with Gasteiger partial charge in [-0.05, 0) is 35.0 Å². The summed E-state index contributed by atoms with van der Waals surface area (Å²) in [5, 5.41) is 15.2. The number of anilines is 1. The second-order valence-corrected chi connectivity index (χ2v) is 5.29. The van der Waals surface area contributed by atoms with Crippen molar-refractivity contribution >= 4 is 27.5 Å². The second kappa shape index (κ2) is 5.99. The Hall–Kier alpha value is -2.03. The average molecular weight is 378 g/mol. The number of phenols is 1. The van der Waals surface area contributed by atoms with E-state index in [9.17, 15) is 23.1 Å². The Bertz CT molecular complexity index is 713.